The first-order valence-corrected chi connectivity index (χ1v) is 9.04. The Balaban J connectivity index is 1.93. The van der Waals surface area contributed by atoms with Gasteiger partial charge in [0.25, 0.3) is 5.69 Å². The summed E-state index contributed by atoms with van der Waals surface area (Å²) in [5.41, 5.74) is 0.0980. The Hall–Kier alpha value is -2.68. The predicted octanol–water partition coefficient (Wildman–Crippen LogP) is 4.74. The summed E-state index contributed by atoms with van der Waals surface area (Å²) in [4.78, 5) is 13.1. The van der Waals surface area contributed by atoms with Crippen molar-refractivity contribution in [2.45, 2.75) is 51.4 Å². The lowest BCUT2D eigenvalue weighted by Crippen LogP contribution is -2.32. The maximum Gasteiger partial charge on any atom is 0.387 e. The monoisotopic (exact) mass is 396 g/mol. The molecule has 1 aromatic carbocycles. The molecule has 7 nitrogen and oxygen atoms in total. The van der Waals surface area contributed by atoms with Crippen molar-refractivity contribution in [1.29, 1.82) is 0 Å². The Bertz CT molecular complexity index is 792. The van der Waals surface area contributed by atoms with E-state index in [0.29, 0.717) is 12.1 Å². The summed E-state index contributed by atoms with van der Waals surface area (Å²) in [7, 11) is 1.31. The molecule has 0 unspecified atom stereocenters. The highest BCUT2D eigenvalue weighted by Gasteiger charge is 2.28. The molecule has 1 aromatic heterocycles. The number of alkyl halides is 2. The molecule has 0 radical (unpaired) electrons. The van der Waals surface area contributed by atoms with Crippen LogP contribution in [0.5, 0.6) is 11.5 Å². The molecule has 0 saturated heterocycles. The second kappa shape index (κ2) is 9.01. The maximum absolute atomic E-state index is 12.6. The lowest BCUT2D eigenvalue weighted by atomic mass is 10.1. The third-order valence-electron chi connectivity index (χ3n) is 4.93. The highest BCUT2D eigenvalue weighted by Crippen LogP contribution is 2.37. The van der Waals surface area contributed by atoms with Gasteiger partial charge in [-0.3, -0.25) is 15.0 Å². The molecule has 9 heteroatoms. The number of halogens is 2. The van der Waals surface area contributed by atoms with Crippen LogP contribution in [0.4, 0.5) is 14.5 Å². The largest absolute Gasteiger partial charge is 0.493 e. The highest BCUT2D eigenvalue weighted by atomic mass is 19.3. The molecule has 2 aromatic rings. The molecule has 1 fully saturated rings. The van der Waals surface area contributed by atoms with Crippen molar-refractivity contribution in [2.75, 3.05) is 7.11 Å². The van der Waals surface area contributed by atoms with Crippen LogP contribution in [-0.4, -0.2) is 29.6 Å². The Morgan fingerprint density at radius 2 is 2.04 bits per heavy atom. The molecule has 1 aliphatic carbocycles. The number of furan rings is 1. The predicted molar refractivity (Wildman–Crippen MR) is 96.5 cm³/mol. The zero-order valence-electron chi connectivity index (χ0n) is 15.5. The molecule has 0 aliphatic heterocycles. The number of rotatable bonds is 9. The van der Waals surface area contributed by atoms with Crippen molar-refractivity contribution < 1.29 is 27.6 Å². The average molecular weight is 396 g/mol. The van der Waals surface area contributed by atoms with Crippen LogP contribution in [0.25, 0.3) is 0 Å². The van der Waals surface area contributed by atoms with Crippen LogP contribution in [0, 0.1) is 10.1 Å². The number of nitrogens with zero attached hydrogens (tertiary/aromatic N) is 2. The number of methoxy groups -OCH3 is 1. The topological polar surface area (TPSA) is 78.0 Å². The fourth-order valence-electron chi connectivity index (χ4n) is 3.64. The van der Waals surface area contributed by atoms with Crippen LogP contribution < -0.4 is 9.47 Å². The number of nitro benzene ring substituents is 1. The Morgan fingerprint density at radius 3 is 2.61 bits per heavy atom. The lowest BCUT2D eigenvalue weighted by molar-refractivity contribution is -0.385. The molecule has 3 rings (SSSR count). The summed E-state index contributed by atoms with van der Waals surface area (Å²) >= 11 is 0. The smallest absolute Gasteiger partial charge is 0.387 e. The Kier molecular flexibility index (Phi) is 6.45. The molecule has 0 bridgehead atoms. The van der Waals surface area contributed by atoms with Crippen LogP contribution in [-0.2, 0) is 13.1 Å². The van der Waals surface area contributed by atoms with Gasteiger partial charge in [-0.15, -0.1) is 0 Å². The second-order valence-electron chi connectivity index (χ2n) is 6.69. The second-order valence-corrected chi connectivity index (χ2v) is 6.69. The number of benzene rings is 1. The van der Waals surface area contributed by atoms with E-state index in [1.807, 2.05) is 6.07 Å². The van der Waals surface area contributed by atoms with Crippen LogP contribution in [0.3, 0.4) is 0 Å². The van der Waals surface area contributed by atoms with Crippen molar-refractivity contribution in [1.82, 2.24) is 4.90 Å². The summed E-state index contributed by atoms with van der Waals surface area (Å²) in [6.45, 7) is -2.33. The zero-order chi connectivity index (χ0) is 20.1. The zero-order valence-corrected chi connectivity index (χ0v) is 15.5. The van der Waals surface area contributed by atoms with Gasteiger partial charge in [0.15, 0.2) is 11.5 Å². The maximum atomic E-state index is 12.6. The van der Waals surface area contributed by atoms with E-state index in [1.54, 1.807) is 12.3 Å². The summed E-state index contributed by atoms with van der Waals surface area (Å²) in [5, 5.41) is 11.6. The highest BCUT2D eigenvalue weighted by molar-refractivity contribution is 5.54. The van der Waals surface area contributed by atoms with Gasteiger partial charge in [-0.25, -0.2) is 0 Å². The Labute approximate surface area is 161 Å². The molecule has 28 heavy (non-hydrogen) atoms. The van der Waals surface area contributed by atoms with Crippen molar-refractivity contribution in [3.05, 3.63) is 52.0 Å². The van der Waals surface area contributed by atoms with Crippen molar-refractivity contribution in [2.24, 2.45) is 0 Å². The normalized spacial score (nSPS) is 14.8. The van der Waals surface area contributed by atoms with Gasteiger partial charge >= 0.3 is 6.61 Å². The lowest BCUT2D eigenvalue weighted by Gasteiger charge is -2.28. The Morgan fingerprint density at radius 1 is 1.29 bits per heavy atom. The molecule has 0 spiro atoms. The van der Waals surface area contributed by atoms with Crippen LogP contribution in [0.1, 0.15) is 37.0 Å². The van der Waals surface area contributed by atoms with E-state index in [2.05, 4.69) is 9.64 Å². The van der Waals surface area contributed by atoms with Gasteiger partial charge in [-0.1, -0.05) is 12.8 Å². The molecule has 152 valence electrons. The summed E-state index contributed by atoms with van der Waals surface area (Å²) in [5.74, 6) is 0.441. The van der Waals surface area contributed by atoms with E-state index in [9.17, 15) is 18.9 Å². The van der Waals surface area contributed by atoms with Gasteiger partial charge in [0.1, 0.15) is 5.76 Å². The van der Waals surface area contributed by atoms with E-state index in [0.717, 1.165) is 37.5 Å². The molecule has 0 amide bonds. The van der Waals surface area contributed by atoms with E-state index >= 15 is 0 Å². The minimum Gasteiger partial charge on any atom is -0.493 e. The van der Waals surface area contributed by atoms with Gasteiger partial charge in [0, 0.05) is 18.2 Å². The first-order valence-electron chi connectivity index (χ1n) is 9.04. The molecule has 0 N–H and O–H groups in total. The standard InChI is InChI=1S/C19H22F2N2O5/c1-26-17-9-13(16(23(24)25)10-18(17)28-19(20)21)11-22(14-5-2-3-6-14)12-15-7-4-8-27-15/h4,7-10,14,19H,2-3,5-6,11-12H2,1H3. The van der Waals surface area contributed by atoms with Crippen LogP contribution in [0.2, 0.25) is 0 Å². The fourth-order valence-corrected chi connectivity index (χ4v) is 3.64. The average Bonchev–Trinajstić information content (AvgIpc) is 3.35. The minimum absolute atomic E-state index is 0.0327. The molecular weight excluding hydrogens is 374 g/mol. The van der Waals surface area contributed by atoms with Crippen LogP contribution >= 0.6 is 0 Å². The summed E-state index contributed by atoms with van der Waals surface area (Å²) in [6, 6.07) is 6.33. The van der Waals surface area contributed by atoms with E-state index < -0.39 is 11.5 Å². The van der Waals surface area contributed by atoms with E-state index in [1.165, 1.54) is 13.2 Å². The molecule has 0 atom stereocenters. The third-order valence-corrected chi connectivity index (χ3v) is 4.93. The first kappa shape index (κ1) is 20.1. The van der Waals surface area contributed by atoms with Crippen molar-refractivity contribution >= 4 is 5.69 Å². The number of ether oxygens (including phenoxy) is 2. The van der Waals surface area contributed by atoms with E-state index in [-0.39, 0.29) is 29.8 Å². The minimum atomic E-state index is -3.10. The molecular formula is C19H22F2N2O5. The van der Waals surface area contributed by atoms with Crippen molar-refractivity contribution in [3.8, 4) is 11.5 Å². The summed E-state index contributed by atoms with van der Waals surface area (Å²) in [6.07, 6.45) is 5.79. The van der Waals surface area contributed by atoms with Gasteiger partial charge in [0.2, 0.25) is 0 Å². The van der Waals surface area contributed by atoms with Crippen molar-refractivity contribution in [3.63, 3.8) is 0 Å². The summed E-state index contributed by atoms with van der Waals surface area (Å²) < 4.78 is 40.2. The van der Waals surface area contributed by atoms with Gasteiger partial charge in [-0.2, -0.15) is 8.78 Å². The number of hydrogen-bond acceptors (Lipinski definition) is 6. The van der Waals surface area contributed by atoms with Crippen LogP contribution in [0.15, 0.2) is 34.9 Å². The van der Waals surface area contributed by atoms with Gasteiger partial charge < -0.3 is 13.9 Å². The molecule has 1 aliphatic rings. The third kappa shape index (κ3) is 4.78. The molecule has 1 saturated carbocycles. The quantitative estimate of drug-likeness (QED) is 0.450. The number of nitro groups is 1. The van der Waals surface area contributed by atoms with Gasteiger partial charge in [0.05, 0.1) is 30.9 Å². The number of hydrogen-bond donors (Lipinski definition) is 0. The fraction of sp³-hybridized carbons (Fsp3) is 0.474. The molecule has 1 heterocycles. The van der Waals surface area contributed by atoms with Gasteiger partial charge in [-0.05, 0) is 31.0 Å². The SMILES string of the molecule is COc1cc(CN(Cc2ccco2)C2CCCC2)c([N+](=O)[O-])cc1OC(F)F. The van der Waals surface area contributed by atoms with E-state index in [4.69, 9.17) is 9.15 Å². The first-order chi connectivity index (χ1) is 13.5.